The summed E-state index contributed by atoms with van der Waals surface area (Å²) in [5, 5.41) is 25.1. The van der Waals surface area contributed by atoms with Crippen LogP contribution in [0.1, 0.15) is 86.2 Å². The van der Waals surface area contributed by atoms with E-state index in [-0.39, 0.29) is 79.0 Å². The smallest absolute Gasteiger partial charge is 0.345 e. The standard InChI is InChI=1S/C40H50O12/c1-13-15-21-17-23-25(37(51-19(3)4)29(39(43)49-11)35(47-9)27(23)31(41)33(21)45-7)26-24-18-22(16-14-2)34(46-8)32(42)28(24)36(48-10)30(40(44)50-12)38(26)52-20(5)6/h17-20,41-42H,13-16H2,1-12H3. The van der Waals surface area contributed by atoms with Gasteiger partial charge in [0.1, 0.15) is 34.1 Å². The maximum atomic E-state index is 13.9. The van der Waals surface area contributed by atoms with Crippen molar-refractivity contribution >= 4 is 33.5 Å². The summed E-state index contributed by atoms with van der Waals surface area (Å²) in [4.78, 5) is 27.8. The second-order valence-electron chi connectivity index (χ2n) is 12.7. The fraction of sp³-hybridized carbons (Fsp3) is 0.450. The second-order valence-corrected chi connectivity index (χ2v) is 12.7. The molecule has 0 radical (unpaired) electrons. The van der Waals surface area contributed by atoms with Crippen LogP contribution < -0.4 is 28.4 Å². The van der Waals surface area contributed by atoms with Crippen molar-refractivity contribution in [1.82, 2.24) is 0 Å². The Morgan fingerprint density at radius 1 is 0.558 bits per heavy atom. The lowest BCUT2D eigenvalue weighted by Crippen LogP contribution is -2.17. The summed E-state index contributed by atoms with van der Waals surface area (Å²) in [7, 11) is 8.09. The second kappa shape index (κ2) is 16.4. The van der Waals surface area contributed by atoms with Crippen LogP contribution in [0.15, 0.2) is 12.1 Å². The molecule has 4 aromatic rings. The van der Waals surface area contributed by atoms with Gasteiger partial charge in [0.25, 0.3) is 0 Å². The Kier molecular flexibility index (Phi) is 12.5. The molecule has 0 aliphatic carbocycles. The molecule has 52 heavy (non-hydrogen) atoms. The van der Waals surface area contributed by atoms with Gasteiger partial charge in [-0.3, -0.25) is 0 Å². The molecule has 0 atom stereocenters. The van der Waals surface area contributed by atoms with Crippen LogP contribution in [0.4, 0.5) is 0 Å². The number of aromatic hydroxyl groups is 2. The molecular formula is C40H50O12. The van der Waals surface area contributed by atoms with E-state index in [1.165, 1.54) is 42.7 Å². The third-order valence-corrected chi connectivity index (χ3v) is 8.61. The molecule has 0 bridgehead atoms. The highest BCUT2D eigenvalue weighted by atomic mass is 16.5. The van der Waals surface area contributed by atoms with E-state index in [0.29, 0.717) is 47.6 Å². The van der Waals surface area contributed by atoms with Gasteiger partial charge < -0.3 is 48.1 Å². The van der Waals surface area contributed by atoms with Crippen molar-refractivity contribution in [2.45, 2.75) is 79.4 Å². The van der Waals surface area contributed by atoms with E-state index in [0.717, 1.165) is 0 Å². The molecule has 2 N–H and O–H groups in total. The van der Waals surface area contributed by atoms with Gasteiger partial charge in [0.2, 0.25) is 0 Å². The summed E-state index contributed by atoms with van der Waals surface area (Å²) in [5.74, 6) is -1.78. The van der Waals surface area contributed by atoms with E-state index in [1.807, 2.05) is 26.0 Å². The van der Waals surface area contributed by atoms with Gasteiger partial charge in [0, 0.05) is 21.9 Å². The van der Waals surface area contributed by atoms with Crippen molar-refractivity contribution < 1.29 is 57.7 Å². The number of phenols is 2. The highest BCUT2D eigenvalue weighted by Crippen LogP contribution is 2.59. The molecule has 0 aromatic heterocycles. The number of methoxy groups -OCH3 is 6. The number of benzene rings is 4. The number of rotatable bonds is 15. The molecule has 0 aliphatic heterocycles. The van der Waals surface area contributed by atoms with E-state index >= 15 is 0 Å². The summed E-state index contributed by atoms with van der Waals surface area (Å²) < 4.78 is 47.0. The number of hydrogen-bond acceptors (Lipinski definition) is 12. The summed E-state index contributed by atoms with van der Waals surface area (Å²) in [6.45, 7) is 11.2. The normalized spacial score (nSPS) is 11.3. The predicted molar refractivity (Wildman–Crippen MR) is 199 cm³/mol. The lowest BCUT2D eigenvalue weighted by molar-refractivity contribution is 0.0580. The molecule has 4 rings (SSSR count). The Bertz CT molecular complexity index is 1850. The van der Waals surface area contributed by atoms with E-state index in [2.05, 4.69) is 0 Å². The lowest BCUT2D eigenvalue weighted by Gasteiger charge is -2.28. The molecule has 0 saturated carbocycles. The van der Waals surface area contributed by atoms with Crippen LogP contribution in [0.2, 0.25) is 0 Å². The third-order valence-electron chi connectivity index (χ3n) is 8.61. The number of ether oxygens (including phenoxy) is 8. The zero-order valence-electron chi connectivity index (χ0n) is 32.1. The van der Waals surface area contributed by atoms with Gasteiger partial charge in [-0.2, -0.15) is 0 Å². The zero-order chi connectivity index (χ0) is 38.6. The van der Waals surface area contributed by atoms with Crippen LogP contribution in [-0.2, 0) is 22.3 Å². The minimum absolute atomic E-state index is 0.0198. The highest BCUT2D eigenvalue weighted by Gasteiger charge is 2.38. The molecule has 0 amide bonds. The first-order valence-electron chi connectivity index (χ1n) is 17.2. The molecule has 282 valence electrons. The molecule has 0 unspecified atom stereocenters. The predicted octanol–water partition coefficient (Wildman–Crippen LogP) is 8.16. The number of carbonyl (C=O) groups is 2. The van der Waals surface area contributed by atoms with Gasteiger partial charge in [-0.25, -0.2) is 9.59 Å². The summed E-state index contributed by atoms with van der Waals surface area (Å²) >= 11 is 0. The monoisotopic (exact) mass is 722 g/mol. The minimum atomic E-state index is -0.819. The van der Waals surface area contributed by atoms with Crippen LogP contribution in [-0.4, -0.2) is 77.0 Å². The first-order valence-corrected chi connectivity index (χ1v) is 17.2. The van der Waals surface area contributed by atoms with Crippen molar-refractivity contribution in [1.29, 1.82) is 0 Å². The number of phenolic OH excluding ortho intramolecular Hbond substituents is 2. The molecule has 0 spiro atoms. The quantitative estimate of drug-likeness (QED) is 0.114. The number of fused-ring (bicyclic) bond motifs is 2. The third kappa shape index (κ3) is 6.73. The number of esters is 2. The van der Waals surface area contributed by atoms with E-state index in [1.54, 1.807) is 27.7 Å². The van der Waals surface area contributed by atoms with Crippen LogP contribution in [0, 0.1) is 0 Å². The number of carbonyl (C=O) groups excluding carboxylic acids is 2. The average Bonchev–Trinajstić information content (AvgIpc) is 3.10. The number of aryl methyl sites for hydroxylation is 2. The molecule has 12 heteroatoms. The van der Waals surface area contributed by atoms with Crippen molar-refractivity contribution in [3.8, 4) is 57.1 Å². The Balaban J connectivity index is 2.62. The minimum Gasteiger partial charge on any atom is -0.504 e. The molecule has 4 aromatic carbocycles. The average molecular weight is 723 g/mol. The van der Waals surface area contributed by atoms with Crippen LogP contribution in [0.5, 0.6) is 46.0 Å². The SMILES string of the molecule is CCCc1cc2c(-c3c(OC(C)C)c(C(=O)OC)c(OC)c4c(O)c(OC)c(CCC)cc34)c(OC(C)C)c(C(=O)OC)c(OC)c2c(O)c1OC. The van der Waals surface area contributed by atoms with Gasteiger partial charge in [-0.15, -0.1) is 0 Å². The fourth-order valence-electron chi connectivity index (χ4n) is 6.77. The van der Waals surface area contributed by atoms with E-state index in [4.69, 9.17) is 37.9 Å². The molecule has 0 saturated heterocycles. The van der Waals surface area contributed by atoms with Gasteiger partial charge >= 0.3 is 11.9 Å². The van der Waals surface area contributed by atoms with Crippen molar-refractivity contribution in [3.63, 3.8) is 0 Å². The summed E-state index contributed by atoms with van der Waals surface area (Å²) in [5.41, 5.74) is 1.56. The lowest BCUT2D eigenvalue weighted by atomic mass is 9.85. The highest BCUT2D eigenvalue weighted by molar-refractivity contribution is 6.22. The fourth-order valence-corrected chi connectivity index (χ4v) is 6.77. The molecule has 0 fully saturated rings. The van der Waals surface area contributed by atoms with Crippen LogP contribution in [0.3, 0.4) is 0 Å². The van der Waals surface area contributed by atoms with Crippen molar-refractivity contribution in [2.24, 2.45) is 0 Å². The van der Waals surface area contributed by atoms with Crippen LogP contribution >= 0.6 is 0 Å². The van der Waals surface area contributed by atoms with Crippen LogP contribution in [0.25, 0.3) is 32.7 Å². The molecule has 0 heterocycles. The number of hydrogen-bond donors (Lipinski definition) is 2. The maximum Gasteiger partial charge on any atom is 0.345 e. The molecule has 12 nitrogen and oxygen atoms in total. The van der Waals surface area contributed by atoms with E-state index in [9.17, 15) is 19.8 Å². The topological polar surface area (TPSA) is 148 Å². The largest absolute Gasteiger partial charge is 0.504 e. The van der Waals surface area contributed by atoms with Gasteiger partial charge in [-0.05, 0) is 63.8 Å². The Morgan fingerprint density at radius 2 is 0.885 bits per heavy atom. The Labute approximate surface area is 304 Å². The van der Waals surface area contributed by atoms with Gasteiger partial charge in [0.15, 0.2) is 23.0 Å². The first kappa shape index (κ1) is 39.5. The molecular weight excluding hydrogens is 672 g/mol. The van der Waals surface area contributed by atoms with Gasteiger partial charge in [-0.1, -0.05) is 26.7 Å². The summed E-state index contributed by atoms with van der Waals surface area (Å²) in [6.07, 6.45) is 1.43. The van der Waals surface area contributed by atoms with E-state index < -0.39 is 24.1 Å². The van der Waals surface area contributed by atoms with Crippen molar-refractivity contribution in [2.75, 3.05) is 42.7 Å². The van der Waals surface area contributed by atoms with Crippen molar-refractivity contribution in [3.05, 3.63) is 34.4 Å². The zero-order valence-corrected chi connectivity index (χ0v) is 32.1. The first-order chi connectivity index (χ1) is 24.8. The Hall–Kier alpha value is -5.26. The van der Waals surface area contributed by atoms with Gasteiger partial charge in [0.05, 0.1) is 65.6 Å². The molecule has 0 aliphatic rings. The Morgan fingerprint density at radius 3 is 1.13 bits per heavy atom. The maximum absolute atomic E-state index is 13.9. The summed E-state index contributed by atoms with van der Waals surface area (Å²) in [6, 6.07) is 3.68.